The van der Waals surface area contributed by atoms with Crippen LogP contribution in [0, 0.1) is 0 Å². The van der Waals surface area contributed by atoms with Crippen molar-refractivity contribution in [2.75, 3.05) is 0 Å². The molecule has 3 aromatic carbocycles. The van der Waals surface area contributed by atoms with Crippen LogP contribution in [-0.4, -0.2) is 20.7 Å². The molecule has 0 aliphatic carbocycles. The second kappa shape index (κ2) is 7.33. The van der Waals surface area contributed by atoms with Crippen LogP contribution < -0.4 is 0 Å². The molecule has 6 heteroatoms. The van der Waals surface area contributed by atoms with Gasteiger partial charge in [-0.15, -0.1) is 10.2 Å². The smallest absolute Gasteiger partial charge is 0.305 e. The van der Waals surface area contributed by atoms with Crippen molar-refractivity contribution in [3.05, 3.63) is 96.1 Å². The minimum Gasteiger partial charge on any atom is -0.493 e. The summed E-state index contributed by atoms with van der Waals surface area (Å²) in [6, 6.07) is 24.5. The van der Waals surface area contributed by atoms with Gasteiger partial charge in [-0.3, -0.25) is 4.79 Å². The lowest BCUT2D eigenvalue weighted by Crippen LogP contribution is -2.35. The Morgan fingerprint density at radius 1 is 0.862 bits per heavy atom. The fraction of sp³-hybridized carbons (Fsp3) is 0.0870. The number of aryl methyl sites for hydroxylation is 1. The van der Waals surface area contributed by atoms with E-state index in [1.54, 1.807) is 78.3 Å². The van der Waals surface area contributed by atoms with E-state index in [9.17, 15) is 15.0 Å². The Kier molecular flexibility index (Phi) is 4.70. The predicted molar refractivity (Wildman–Crippen MR) is 110 cm³/mol. The van der Waals surface area contributed by atoms with Gasteiger partial charge in [0, 0.05) is 12.4 Å². The minimum atomic E-state index is -1.99. The quantitative estimate of drug-likeness (QED) is 0.510. The molecular formula is C23H19N3O3. The van der Waals surface area contributed by atoms with Crippen LogP contribution in [0.3, 0.4) is 0 Å². The Bertz CT molecular complexity index is 1160. The van der Waals surface area contributed by atoms with Crippen LogP contribution in [0.5, 0.6) is 5.88 Å². The molecule has 1 aromatic heterocycles. The molecular weight excluding hydrogens is 366 g/mol. The predicted octanol–water partition coefficient (Wildman–Crippen LogP) is 4.43. The van der Waals surface area contributed by atoms with Gasteiger partial charge in [-0.1, -0.05) is 78.9 Å². The first-order valence-corrected chi connectivity index (χ1v) is 9.09. The van der Waals surface area contributed by atoms with E-state index < -0.39 is 11.5 Å². The van der Waals surface area contributed by atoms with E-state index in [0.717, 1.165) is 5.52 Å². The number of nitrogens with zero attached hydrogens (tertiary/aromatic N) is 3. The zero-order valence-electron chi connectivity index (χ0n) is 15.7. The molecule has 0 atom stereocenters. The standard InChI is InChI=1S/C23H19N3O3/c1-26-19-15-9-8-14-18(19)20(21(26)27)24-25-22(28)23(29,16-10-4-2-5-11-16)17-12-6-3-7-13-17/h2-15,27,29H,1H3. The molecule has 4 aromatic rings. The van der Waals surface area contributed by atoms with E-state index >= 15 is 0 Å². The van der Waals surface area contributed by atoms with Crippen molar-refractivity contribution >= 4 is 22.5 Å². The van der Waals surface area contributed by atoms with Crippen molar-refractivity contribution in [1.82, 2.24) is 4.57 Å². The van der Waals surface area contributed by atoms with Crippen LogP contribution in [-0.2, 0) is 17.4 Å². The van der Waals surface area contributed by atoms with Crippen molar-refractivity contribution < 1.29 is 15.0 Å². The van der Waals surface area contributed by atoms with Crippen LogP contribution in [0.15, 0.2) is 95.2 Å². The number of amides is 1. The van der Waals surface area contributed by atoms with Gasteiger partial charge in [0.1, 0.15) is 0 Å². The van der Waals surface area contributed by atoms with Crippen LogP contribution >= 0.6 is 0 Å². The van der Waals surface area contributed by atoms with E-state index in [2.05, 4.69) is 10.2 Å². The zero-order valence-corrected chi connectivity index (χ0v) is 15.7. The maximum absolute atomic E-state index is 13.1. The number of aromatic nitrogens is 1. The van der Waals surface area contributed by atoms with Gasteiger partial charge in [0.25, 0.3) is 0 Å². The lowest BCUT2D eigenvalue weighted by atomic mass is 9.86. The summed E-state index contributed by atoms with van der Waals surface area (Å²) in [5.74, 6) is -0.951. The summed E-state index contributed by atoms with van der Waals surface area (Å²) in [6.45, 7) is 0. The number of benzene rings is 3. The normalized spacial score (nSPS) is 11.9. The molecule has 1 amide bonds. The molecule has 0 radical (unpaired) electrons. The van der Waals surface area contributed by atoms with Gasteiger partial charge in [0.2, 0.25) is 5.88 Å². The number of para-hydroxylation sites is 1. The summed E-state index contributed by atoms with van der Waals surface area (Å²) in [7, 11) is 1.70. The van der Waals surface area contributed by atoms with Crippen LogP contribution in [0.25, 0.3) is 10.9 Å². The Morgan fingerprint density at radius 3 is 1.97 bits per heavy atom. The number of aromatic hydroxyl groups is 1. The average molecular weight is 385 g/mol. The Hall–Kier alpha value is -3.77. The third-order valence-corrected chi connectivity index (χ3v) is 4.98. The van der Waals surface area contributed by atoms with Crippen molar-refractivity contribution in [2.24, 2.45) is 17.3 Å². The molecule has 0 fully saturated rings. The molecule has 6 nitrogen and oxygen atoms in total. The highest BCUT2D eigenvalue weighted by atomic mass is 16.3. The highest BCUT2D eigenvalue weighted by molar-refractivity contribution is 5.96. The van der Waals surface area contributed by atoms with Gasteiger partial charge in [-0.2, -0.15) is 0 Å². The molecule has 1 heterocycles. The third-order valence-electron chi connectivity index (χ3n) is 4.98. The monoisotopic (exact) mass is 385 g/mol. The molecule has 0 aliphatic rings. The van der Waals surface area contributed by atoms with E-state index in [-0.39, 0.29) is 11.6 Å². The van der Waals surface area contributed by atoms with E-state index in [1.165, 1.54) is 0 Å². The summed E-state index contributed by atoms with van der Waals surface area (Å²) in [4.78, 5) is 13.1. The first-order valence-electron chi connectivity index (χ1n) is 9.09. The van der Waals surface area contributed by atoms with E-state index in [1.807, 2.05) is 18.2 Å². The molecule has 144 valence electrons. The fourth-order valence-corrected chi connectivity index (χ4v) is 3.40. The minimum absolute atomic E-state index is 0.106. The zero-order chi connectivity index (χ0) is 20.4. The number of carbonyl (C=O) groups excluding carboxylic acids is 1. The summed E-state index contributed by atoms with van der Waals surface area (Å²) in [5, 5.41) is 30.3. The Morgan fingerprint density at radius 2 is 1.38 bits per heavy atom. The van der Waals surface area contributed by atoms with Gasteiger partial charge in [-0.05, 0) is 17.2 Å². The molecule has 0 saturated carbocycles. The SMILES string of the molecule is Cn1c(O)c(N=NC(=O)C(O)(c2ccccc2)c2ccccc2)c2ccccc21. The topological polar surface area (TPSA) is 87.2 Å². The lowest BCUT2D eigenvalue weighted by molar-refractivity contribution is -0.133. The largest absolute Gasteiger partial charge is 0.493 e. The summed E-state index contributed by atoms with van der Waals surface area (Å²) in [5.41, 5.74) is -0.283. The van der Waals surface area contributed by atoms with Crippen molar-refractivity contribution in [2.45, 2.75) is 5.60 Å². The second-order valence-corrected chi connectivity index (χ2v) is 6.70. The van der Waals surface area contributed by atoms with Crippen LogP contribution in [0.4, 0.5) is 5.69 Å². The molecule has 4 rings (SSSR count). The van der Waals surface area contributed by atoms with E-state index in [0.29, 0.717) is 16.5 Å². The third kappa shape index (κ3) is 3.09. The summed E-state index contributed by atoms with van der Waals surface area (Å²) in [6.07, 6.45) is 0. The van der Waals surface area contributed by atoms with Gasteiger partial charge in [-0.25, -0.2) is 0 Å². The maximum atomic E-state index is 13.1. The molecule has 0 unspecified atom stereocenters. The Balaban J connectivity index is 1.80. The molecule has 0 bridgehead atoms. The van der Waals surface area contributed by atoms with Crippen LogP contribution in [0.2, 0.25) is 0 Å². The van der Waals surface area contributed by atoms with Crippen molar-refractivity contribution in [3.8, 4) is 5.88 Å². The number of fused-ring (bicyclic) bond motifs is 1. The fourth-order valence-electron chi connectivity index (χ4n) is 3.40. The maximum Gasteiger partial charge on any atom is 0.305 e. The molecule has 0 aliphatic heterocycles. The first-order chi connectivity index (χ1) is 14.0. The highest BCUT2D eigenvalue weighted by Gasteiger charge is 2.40. The molecule has 2 N–H and O–H groups in total. The molecule has 0 spiro atoms. The number of aliphatic hydroxyl groups is 1. The first kappa shape index (κ1) is 18.6. The summed E-state index contributed by atoms with van der Waals surface area (Å²) >= 11 is 0. The number of hydrogen-bond acceptors (Lipinski definition) is 4. The second-order valence-electron chi connectivity index (χ2n) is 6.70. The van der Waals surface area contributed by atoms with Crippen molar-refractivity contribution in [1.29, 1.82) is 0 Å². The van der Waals surface area contributed by atoms with Gasteiger partial charge in [0.05, 0.1) is 5.52 Å². The number of hydrogen-bond donors (Lipinski definition) is 2. The van der Waals surface area contributed by atoms with Crippen molar-refractivity contribution in [3.63, 3.8) is 0 Å². The van der Waals surface area contributed by atoms with Gasteiger partial charge < -0.3 is 14.8 Å². The number of azo groups is 1. The Labute approximate surface area is 167 Å². The lowest BCUT2D eigenvalue weighted by Gasteiger charge is -2.25. The number of carbonyl (C=O) groups is 1. The van der Waals surface area contributed by atoms with Gasteiger partial charge in [0.15, 0.2) is 11.3 Å². The number of rotatable bonds is 4. The molecule has 29 heavy (non-hydrogen) atoms. The van der Waals surface area contributed by atoms with Gasteiger partial charge >= 0.3 is 5.91 Å². The highest BCUT2D eigenvalue weighted by Crippen LogP contribution is 2.38. The van der Waals surface area contributed by atoms with Crippen LogP contribution in [0.1, 0.15) is 11.1 Å². The molecule has 0 saturated heterocycles. The summed E-state index contributed by atoms with van der Waals surface area (Å²) < 4.78 is 1.56. The average Bonchev–Trinajstić information content (AvgIpc) is 3.02. The van der Waals surface area contributed by atoms with E-state index in [4.69, 9.17) is 0 Å².